The van der Waals surface area contributed by atoms with E-state index in [9.17, 15) is 9.59 Å². The zero-order valence-electron chi connectivity index (χ0n) is 44.0. The Kier molecular flexibility index (Phi) is 66.6. The Bertz CT molecular complexity index is 1970. The fraction of sp³-hybridized carbons (Fsp3) is 0.219. The van der Waals surface area contributed by atoms with Crippen LogP contribution >= 0.6 is 0 Å². The standard InChI is InChI=1S/2C13H10.C8H7O.3C7H7.C3H6O.3C2H6.4Y/c2*1-3-7-12(8-4-1)11-13-9-5-2-6-10-13;1-7(9)8-5-3-2-4-6-8;3*1-7-5-3-2-4-6-7;1-3(2)4;3*1-2;;;;/h2*1-7,9H,11H2;3-6H,1H3;3*3-6H,1H3;1-2H3;3*1-2H3;;;;/q2*-2;4*-1;;;;;;;;. The van der Waals surface area contributed by atoms with E-state index in [0.29, 0.717) is 0 Å². The van der Waals surface area contributed by atoms with Crippen LogP contribution in [0.15, 0.2) is 194 Å². The van der Waals surface area contributed by atoms with Crippen LogP contribution in [0.1, 0.15) is 112 Å². The molecular weight excluding hydrogens is 1160 g/mol. The molecule has 70 heavy (non-hydrogen) atoms. The second-order valence-electron chi connectivity index (χ2n) is 13.4. The fourth-order valence-corrected chi connectivity index (χ4v) is 4.60. The molecule has 0 amide bonds. The summed E-state index contributed by atoms with van der Waals surface area (Å²) in [5.41, 5.74) is 9.47. The van der Waals surface area contributed by atoms with Gasteiger partial charge in [0.15, 0.2) is 0 Å². The van der Waals surface area contributed by atoms with E-state index in [1.807, 2.05) is 187 Å². The van der Waals surface area contributed by atoms with Crippen molar-refractivity contribution in [3.63, 3.8) is 0 Å². The number of ketones is 2. The summed E-state index contributed by atoms with van der Waals surface area (Å²) in [5, 5.41) is 0. The summed E-state index contributed by atoms with van der Waals surface area (Å²) in [6.45, 7) is 22.8. The summed E-state index contributed by atoms with van der Waals surface area (Å²) in [6, 6.07) is 87.2. The van der Waals surface area contributed by atoms with Crippen molar-refractivity contribution in [2.75, 3.05) is 0 Å². The van der Waals surface area contributed by atoms with E-state index in [0.717, 1.165) is 18.4 Å². The topological polar surface area (TPSA) is 34.1 Å². The van der Waals surface area contributed by atoms with Gasteiger partial charge in [-0.1, -0.05) is 67.9 Å². The second kappa shape index (κ2) is 59.1. The Hall–Kier alpha value is -2.48. The molecule has 0 aliphatic heterocycles. The predicted molar refractivity (Wildman–Crippen MR) is 282 cm³/mol. The first-order valence-electron chi connectivity index (χ1n) is 22.7. The van der Waals surface area contributed by atoms with Gasteiger partial charge >= 0.3 is 0 Å². The third kappa shape index (κ3) is 50.5. The molecule has 0 aliphatic rings. The van der Waals surface area contributed by atoms with Gasteiger partial charge < -0.3 is 4.79 Å². The van der Waals surface area contributed by atoms with Crippen molar-refractivity contribution in [3.05, 3.63) is 287 Å². The minimum absolute atomic E-state index is 0. The van der Waals surface area contributed by atoms with E-state index in [2.05, 4.69) is 93.6 Å². The van der Waals surface area contributed by atoms with Crippen molar-refractivity contribution in [1.82, 2.24) is 0 Å². The van der Waals surface area contributed by atoms with Crippen molar-refractivity contribution in [2.45, 2.75) is 95.9 Å². The largest absolute Gasteiger partial charge is 0.300 e. The molecule has 0 atom stereocenters. The summed E-state index contributed by atoms with van der Waals surface area (Å²) >= 11 is 0. The van der Waals surface area contributed by atoms with Crippen LogP contribution in [0.4, 0.5) is 0 Å². The molecule has 8 aromatic rings. The summed E-state index contributed by atoms with van der Waals surface area (Å²) < 4.78 is 0. The Morgan fingerprint density at radius 3 is 0.657 bits per heavy atom. The zero-order valence-corrected chi connectivity index (χ0v) is 55.4. The number of benzene rings is 8. The Morgan fingerprint density at radius 2 is 0.529 bits per heavy atom. The van der Waals surface area contributed by atoms with Crippen LogP contribution in [0.25, 0.3) is 0 Å². The molecule has 8 rings (SSSR count). The summed E-state index contributed by atoms with van der Waals surface area (Å²) in [5.74, 6) is 0.268. The summed E-state index contributed by atoms with van der Waals surface area (Å²) in [7, 11) is 0. The van der Waals surface area contributed by atoms with Crippen LogP contribution in [-0.4, -0.2) is 11.6 Å². The molecular formula is C64H72O2Y4-8. The van der Waals surface area contributed by atoms with Gasteiger partial charge in [-0.3, -0.25) is 4.79 Å². The third-order valence-electron chi connectivity index (χ3n) is 7.64. The Labute approximate surface area is 528 Å². The van der Waals surface area contributed by atoms with Gasteiger partial charge in [0.25, 0.3) is 0 Å². The predicted octanol–water partition coefficient (Wildman–Crippen LogP) is 16.5. The zero-order chi connectivity index (χ0) is 49.5. The first-order valence-corrected chi connectivity index (χ1v) is 22.7. The molecule has 0 unspecified atom stereocenters. The minimum Gasteiger partial charge on any atom is -0.300 e. The van der Waals surface area contributed by atoms with E-state index < -0.39 is 0 Å². The van der Waals surface area contributed by atoms with Gasteiger partial charge in [0.1, 0.15) is 11.6 Å². The monoisotopic (exact) mass is 1230 g/mol. The smallest absolute Gasteiger partial charge is 0.135 e. The van der Waals surface area contributed by atoms with Crippen LogP contribution < -0.4 is 0 Å². The second-order valence-corrected chi connectivity index (χ2v) is 13.4. The SMILES string of the molecule is CC.CC.CC.CC(=O)c1cc[c-]cc1.CC(C)=O.Cc1cc[c-]cc1.Cc1cc[c-]cc1.Cc1cc[c-]cc1.[Y].[Y].[Y].[Y].[c-]1ccccc1Cc1[c-]cccc1.[c-]1ccccc1Cc1[c-]cccc1. The Balaban J connectivity index is -0.000000170. The number of rotatable bonds is 5. The van der Waals surface area contributed by atoms with Gasteiger partial charge in [-0.05, 0) is 33.6 Å². The number of carbonyl (C=O) groups is 2. The molecule has 6 heteroatoms. The van der Waals surface area contributed by atoms with Gasteiger partial charge in [-0.15, -0.1) is 0 Å². The molecule has 0 spiro atoms. The summed E-state index contributed by atoms with van der Waals surface area (Å²) in [4.78, 5) is 20.1. The van der Waals surface area contributed by atoms with E-state index in [1.54, 1.807) is 31.2 Å². The maximum Gasteiger partial charge on any atom is 0.135 e. The molecule has 8 aromatic carbocycles. The number of hydrogen-bond acceptors (Lipinski definition) is 2. The first-order chi connectivity index (χ1) is 32.1. The van der Waals surface area contributed by atoms with E-state index in [4.69, 9.17) is 0 Å². The number of hydrogen-bond donors (Lipinski definition) is 0. The van der Waals surface area contributed by atoms with Crippen molar-refractivity contribution in [2.24, 2.45) is 0 Å². The van der Waals surface area contributed by atoms with Gasteiger partial charge in [-0.25, -0.2) is 0 Å². The van der Waals surface area contributed by atoms with Gasteiger partial charge in [0, 0.05) is 131 Å². The molecule has 0 aliphatic carbocycles. The molecule has 0 heterocycles. The van der Waals surface area contributed by atoms with Gasteiger partial charge in [-0.2, -0.15) is 282 Å². The third-order valence-corrected chi connectivity index (χ3v) is 7.64. The van der Waals surface area contributed by atoms with Crippen LogP contribution in [0.5, 0.6) is 0 Å². The van der Waals surface area contributed by atoms with E-state index in [1.165, 1.54) is 52.8 Å². The molecule has 0 fully saturated rings. The van der Waals surface area contributed by atoms with Gasteiger partial charge in [0.05, 0.1) is 0 Å². The number of carbonyl (C=O) groups excluding carboxylic acids is 2. The first kappa shape index (κ1) is 78.9. The quantitative estimate of drug-likeness (QED) is 0.127. The van der Waals surface area contributed by atoms with Crippen molar-refractivity contribution in [3.8, 4) is 0 Å². The average Bonchev–Trinajstić information content (AvgIpc) is 3.37. The molecule has 0 saturated carbocycles. The fourth-order valence-electron chi connectivity index (χ4n) is 4.60. The maximum atomic E-state index is 10.6. The van der Waals surface area contributed by atoms with Crippen molar-refractivity contribution < 1.29 is 140 Å². The minimum atomic E-state index is 0. The molecule has 360 valence electrons. The average molecular weight is 1230 g/mol. The number of Topliss-reactive ketones (excluding diaryl/α,β-unsaturated/α-hetero) is 2. The van der Waals surface area contributed by atoms with Crippen LogP contribution in [-0.2, 0) is 148 Å². The molecule has 4 radical (unpaired) electrons. The van der Waals surface area contributed by atoms with Crippen LogP contribution in [0.2, 0.25) is 0 Å². The molecule has 0 N–H and O–H groups in total. The normalized spacial score (nSPS) is 8.06. The van der Waals surface area contributed by atoms with Gasteiger partial charge in [0.2, 0.25) is 0 Å². The molecule has 0 bridgehead atoms. The molecule has 0 aromatic heterocycles. The van der Waals surface area contributed by atoms with Crippen molar-refractivity contribution in [1.29, 1.82) is 0 Å². The van der Waals surface area contributed by atoms with Crippen LogP contribution in [0, 0.1) is 69.3 Å². The number of aryl methyl sites for hydroxylation is 3. The molecule has 0 saturated heterocycles. The van der Waals surface area contributed by atoms with Crippen LogP contribution in [0.3, 0.4) is 0 Å². The maximum absolute atomic E-state index is 10.6. The van der Waals surface area contributed by atoms with Crippen molar-refractivity contribution >= 4 is 11.6 Å². The van der Waals surface area contributed by atoms with E-state index >= 15 is 0 Å². The molecule has 2 nitrogen and oxygen atoms in total. The van der Waals surface area contributed by atoms with E-state index in [-0.39, 0.29) is 142 Å². The Morgan fingerprint density at radius 1 is 0.329 bits per heavy atom. The summed E-state index contributed by atoms with van der Waals surface area (Å²) in [6.07, 6.45) is 1.84.